The molecule has 0 spiro atoms. The zero-order valence-electron chi connectivity index (χ0n) is 6.71. The van der Waals surface area contributed by atoms with Crippen LogP contribution in [0.1, 0.15) is 15.9 Å². The van der Waals surface area contributed by atoms with Crippen molar-refractivity contribution in [2.45, 2.75) is 6.42 Å². The quantitative estimate of drug-likeness (QED) is 0.707. The molecule has 0 saturated carbocycles. The minimum absolute atomic E-state index is 0.0112. The predicted molar refractivity (Wildman–Crippen MR) is 49.8 cm³/mol. The molecular formula is C9H7BrO3. The number of ether oxygens (including phenoxy) is 1. The molecule has 1 aromatic carbocycles. The molecule has 0 atom stereocenters. The van der Waals surface area contributed by atoms with E-state index in [9.17, 15) is 9.90 Å². The number of benzene rings is 1. The van der Waals surface area contributed by atoms with Crippen LogP contribution in [-0.2, 0) is 11.2 Å². The molecule has 1 heterocycles. The van der Waals surface area contributed by atoms with E-state index in [2.05, 4.69) is 15.9 Å². The summed E-state index contributed by atoms with van der Waals surface area (Å²) in [5.74, 6) is -0.456. The van der Waals surface area contributed by atoms with E-state index >= 15 is 0 Å². The Balaban J connectivity index is 2.67. The van der Waals surface area contributed by atoms with Crippen LogP contribution in [0.15, 0.2) is 16.6 Å². The molecule has 3 nitrogen and oxygen atoms in total. The van der Waals surface area contributed by atoms with Crippen LogP contribution in [0, 0.1) is 0 Å². The minimum Gasteiger partial charge on any atom is -0.507 e. The predicted octanol–water partition coefficient (Wildman–Crippen LogP) is 1.87. The number of esters is 1. The van der Waals surface area contributed by atoms with Gasteiger partial charge in [0.25, 0.3) is 0 Å². The molecular weight excluding hydrogens is 236 g/mol. The summed E-state index contributed by atoms with van der Waals surface area (Å²) < 4.78 is 5.66. The normalized spacial score (nSPS) is 15.0. The van der Waals surface area contributed by atoms with Crippen LogP contribution >= 0.6 is 15.9 Å². The van der Waals surface area contributed by atoms with Crippen LogP contribution in [0.2, 0.25) is 0 Å². The van der Waals surface area contributed by atoms with E-state index < -0.39 is 5.97 Å². The molecule has 0 amide bonds. The van der Waals surface area contributed by atoms with Crippen molar-refractivity contribution < 1.29 is 14.6 Å². The third kappa shape index (κ3) is 1.31. The third-order valence-electron chi connectivity index (χ3n) is 2.02. The van der Waals surface area contributed by atoms with Gasteiger partial charge in [0.1, 0.15) is 11.3 Å². The maximum absolute atomic E-state index is 11.3. The lowest BCUT2D eigenvalue weighted by atomic mass is 10.0. The van der Waals surface area contributed by atoms with E-state index in [-0.39, 0.29) is 5.75 Å². The maximum atomic E-state index is 11.3. The second-order valence-electron chi connectivity index (χ2n) is 2.81. The first-order valence-electron chi connectivity index (χ1n) is 3.87. The van der Waals surface area contributed by atoms with Crippen LogP contribution in [0.3, 0.4) is 0 Å². The molecule has 13 heavy (non-hydrogen) atoms. The number of phenols is 1. The molecule has 0 aliphatic carbocycles. The largest absolute Gasteiger partial charge is 0.507 e. The summed E-state index contributed by atoms with van der Waals surface area (Å²) in [5.41, 5.74) is 1.12. The highest BCUT2D eigenvalue weighted by atomic mass is 79.9. The molecule has 1 N–H and O–H groups in total. The smallest absolute Gasteiger partial charge is 0.342 e. The first kappa shape index (κ1) is 8.56. The van der Waals surface area contributed by atoms with E-state index in [1.807, 2.05) is 0 Å². The number of hydrogen-bond acceptors (Lipinski definition) is 3. The van der Waals surface area contributed by atoms with Gasteiger partial charge in [0, 0.05) is 10.9 Å². The van der Waals surface area contributed by atoms with Crippen molar-refractivity contribution >= 4 is 21.9 Å². The number of carbonyl (C=O) groups excluding carboxylic acids is 1. The Morgan fingerprint density at radius 2 is 2.23 bits per heavy atom. The first-order chi connectivity index (χ1) is 6.20. The molecule has 1 aromatic rings. The summed E-state index contributed by atoms with van der Waals surface area (Å²) in [7, 11) is 0. The van der Waals surface area contributed by atoms with E-state index in [1.54, 1.807) is 6.07 Å². The van der Waals surface area contributed by atoms with Gasteiger partial charge >= 0.3 is 5.97 Å². The highest BCUT2D eigenvalue weighted by Gasteiger charge is 2.23. The fraction of sp³-hybridized carbons (Fsp3) is 0.222. The summed E-state index contributed by atoms with van der Waals surface area (Å²) in [5, 5.41) is 9.43. The van der Waals surface area contributed by atoms with Gasteiger partial charge in [-0.25, -0.2) is 4.79 Å². The number of phenolic OH excluding ortho intramolecular Hbond substituents is 1. The van der Waals surface area contributed by atoms with Crippen LogP contribution in [0.4, 0.5) is 0 Å². The molecule has 0 aromatic heterocycles. The standard InChI is InChI=1S/C9H7BrO3/c10-6-1-2-7(11)8-5(6)3-4-13-9(8)12/h1-2,11H,3-4H2. The second kappa shape index (κ2) is 3.03. The Labute approximate surface area is 83.5 Å². The lowest BCUT2D eigenvalue weighted by Gasteiger charge is -2.17. The molecule has 1 aliphatic rings. The van der Waals surface area contributed by atoms with E-state index in [0.717, 1.165) is 10.0 Å². The Kier molecular flexibility index (Phi) is 2.00. The SMILES string of the molecule is O=C1OCCc2c(Br)ccc(O)c21. The highest BCUT2D eigenvalue weighted by molar-refractivity contribution is 9.10. The van der Waals surface area contributed by atoms with Crippen LogP contribution < -0.4 is 0 Å². The average molecular weight is 243 g/mol. The molecule has 2 rings (SSSR count). The Morgan fingerprint density at radius 3 is 2.92 bits per heavy atom. The number of hydrogen-bond donors (Lipinski definition) is 1. The Hall–Kier alpha value is -1.03. The van der Waals surface area contributed by atoms with E-state index in [4.69, 9.17) is 4.74 Å². The topological polar surface area (TPSA) is 46.5 Å². The average Bonchev–Trinajstić information content (AvgIpc) is 2.12. The lowest BCUT2D eigenvalue weighted by Crippen LogP contribution is -2.18. The van der Waals surface area contributed by atoms with Crippen LogP contribution in [0.5, 0.6) is 5.75 Å². The molecule has 1 aliphatic heterocycles. The number of fused-ring (bicyclic) bond motifs is 1. The zero-order chi connectivity index (χ0) is 9.42. The number of aromatic hydroxyl groups is 1. The van der Waals surface area contributed by atoms with Crippen molar-refractivity contribution in [2.75, 3.05) is 6.61 Å². The summed E-state index contributed by atoms with van der Waals surface area (Å²) in [6.45, 7) is 0.383. The minimum atomic E-state index is -0.444. The fourth-order valence-electron chi connectivity index (χ4n) is 1.40. The van der Waals surface area contributed by atoms with Crippen molar-refractivity contribution in [2.24, 2.45) is 0 Å². The second-order valence-corrected chi connectivity index (χ2v) is 3.66. The first-order valence-corrected chi connectivity index (χ1v) is 4.67. The summed E-state index contributed by atoms with van der Waals surface area (Å²) in [6, 6.07) is 3.21. The van der Waals surface area contributed by atoms with Crippen molar-refractivity contribution in [3.63, 3.8) is 0 Å². The number of carbonyl (C=O) groups is 1. The number of halogens is 1. The van der Waals surface area contributed by atoms with Crippen molar-refractivity contribution in [3.05, 3.63) is 27.7 Å². The molecule has 0 saturated heterocycles. The van der Waals surface area contributed by atoms with Gasteiger partial charge in [-0.1, -0.05) is 15.9 Å². The van der Waals surface area contributed by atoms with Crippen LogP contribution in [0.25, 0.3) is 0 Å². The molecule has 68 valence electrons. The zero-order valence-corrected chi connectivity index (χ0v) is 8.30. The van der Waals surface area contributed by atoms with Gasteiger partial charge in [-0.2, -0.15) is 0 Å². The van der Waals surface area contributed by atoms with Crippen molar-refractivity contribution in [3.8, 4) is 5.75 Å². The van der Waals surface area contributed by atoms with E-state index in [1.165, 1.54) is 6.07 Å². The lowest BCUT2D eigenvalue weighted by molar-refractivity contribution is 0.0475. The molecule has 0 fully saturated rings. The van der Waals surface area contributed by atoms with Gasteiger partial charge in [-0.15, -0.1) is 0 Å². The van der Waals surface area contributed by atoms with Crippen LogP contribution in [-0.4, -0.2) is 17.7 Å². The van der Waals surface area contributed by atoms with E-state index in [0.29, 0.717) is 18.6 Å². The van der Waals surface area contributed by atoms with Gasteiger partial charge in [-0.3, -0.25) is 0 Å². The van der Waals surface area contributed by atoms with Gasteiger partial charge in [0.05, 0.1) is 6.61 Å². The van der Waals surface area contributed by atoms with Crippen molar-refractivity contribution in [1.29, 1.82) is 0 Å². The monoisotopic (exact) mass is 242 g/mol. The molecule has 0 unspecified atom stereocenters. The molecule has 4 heteroatoms. The van der Waals surface area contributed by atoms with Gasteiger partial charge in [0.2, 0.25) is 0 Å². The summed E-state index contributed by atoms with van der Waals surface area (Å²) in [4.78, 5) is 11.3. The van der Waals surface area contributed by atoms with Crippen molar-refractivity contribution in [1.82, 2.24) is 0 Å². The molecule has 0 bridgehead atoms. The third-order valence-corrected chi connectivity index (χ3v) is 2.77. The van der Waals surface area contributed by atoms with Gasteiger partial charge < -0.3 is 9.84 Å². The Bertz CT molecular complexity index is 373. The molecule has 0 radical (unpaired) electrons. The highest BCUT2D eigenvalue weighted by Crippen LogP contribution is 2.31. The van der Waals surface area contributed by atoms with Gasteiger partial charge in [0.15, 0.2) is 0 Å². The summed E-state index contributed by atoms with van der Waals surface area (Å²) in [6.07, 6.45) is 0.649. The Morgan fingerprint density at radius 1 is 1.46 bits per heavy atom. The number of rotatable bonds is 0. The number of cyclic esters (lactones) is 1. The maximum Gasteiger partial charge on any atom is 0.342 e. The summed E-state index contributed by atoms with van der Waals surface area (Å²) >= 11 is 3.32. The fourth-order valence-corrected chi connectivity index (χ4v) is 1.93. The van der Waals surface area contributed by atoms with Gasteiger partial charge in [-0.05, 0) is 17.7 Å².